The van der Waals surface area contributed by atoms with Gasteiger partial charge in [0.1, 0.15) is 18.0 Å². The highest BCUT2D eigenvalue weighted by Gasteiger charge is 2.37. The molecular weight excluding hydrogens is 282 g/mol. The highest BCUT2D eigenvalue weighted by atomic mass is 35.5. The van der Waals surface area contributed by atoms with Crippen LogP contribution in [0.25, 0.3) is 0 Å². The van der Waals surface area contributed by atoms with Crippen molar-refractivity contribution in [3.63, 3.8) is 0 Å². The minimum absolute atomic E-state index is 0. The van der Waals surface area contributed by atoms with Crippen molar-refractivity contribution in [2.45, 2.75) is 31.6 Å². The van der Waals surface area contributed by atoms with E-state index >= 15 is 0 Å². The molecule has 112 valence electrons. The van der Waals surface area contributed by atoms with E-state index < -0.39 is 12.2 Å². The molecule has 1 aromatic carbocycles. The third kappa shape index (κ3) is 4.10. The first-order valence-corrected chi connectivity index (χ1v) is 6.31. The van der Waals surface area contributed by atoms with E-state index in [4.69, 9.17) is 9.47 Å². The molecule has 2 N–H and O–H groups in total. The Morgan fingerprint density at radius 3 is 2.60 bits per heavy atom. The molecule has 0 amide bonds. The Bertz CT molecular complexity index is 437. The highest BCUT2D eigenvalue weighted by molar-refractivity contribution is 5.66. The SMILES string of the molecule is COc1ccc(C[C@@H]2NC[C@@H](O)[C@@H]2OC(C)=O)cc1.[Cl-]. The maximum absolute atomic E-state index is 11.0. The monoisotopic (exact) mass is 300 g/mol. The first-order chi connectivity index (χ1) is 9.10. The number of carbonyl (C=O) groups is 1. The largest absolute Gasteiger partial charge is 1.00 e. The van der Waals surface area contributed by atoms with Gasteiger partial charge in [-0.2, -0.15) is 0 Å². The zero-order valence-electron chi connectivity index (χ0n) is 11.5. The van der Waals surface area contributed by atoms with Crippen LogP contribution in [0.4, 0.5) is 0 Å². The van der Waals surface area contributed by atoms with E-state index in [1.807, 2.05) is 24.3 Å². The van der Waals surface area contributed by atoms with Crippen LogP contribution in [-0.4, -0.2) is 43.0 Å². The molecule has 0 radical (unpaired) electrons. The standard InChI is InChI=1S/C14H19NO4.ClH/c1-9(16)19-14-12(15-8-13(14)17)7-10-3-5-11(18-2)6-4-10;/h3-6,12-15,17H,7-8H2,1-2H3;1H/p-1/t12-,13+,14+;/m0./s1. The summed E-state index contributed by atoms with van der Waals surface area (Å²) in [5.41, 5.74) is 1.10. The predicted octanol–water partition coefficient (Wildman–Crippen LogP) is -2.49. The summed E-state index contributed by atoms with van der Waals surface area (Å²) in [6.45, 7) is 1.80. The van der Waals surface area contributed by atoms with Gasteiger partial charge in [-0.15, -0.1) is 0 Å². The zero-order valence-corrected chi connectivity index (χ0v) is 12.3. The van der Waals surface area contributed by atoms with Gasteiger partial charge in [-0.05, 0) is 24.1 Å². The fourth-order valence-electron chi connectivity index (χ4n) is 2.33. The third-order valence-electron chi connectivity index (χ3n) is 3.28. The minimum atomic E-state index is -0.646. The Balaban J connectivity index is 0.00000200. The fraction of sp³-hybridized carbons (Fsp3) is 0.500. The molecule has 0 saturated carbocycles. The smallest absolute Gasteiger partial charge is 0.303 e. The number of hydrogen-bond donors (Lipinski definition) is 2. The van der Waals surface area contributed by atoms with Crippen LogP contribution in [0.3, 0.4) is 0 Å². The van der Waals surface area contributed by atoms with E-state index in [2.05, 4.69) is 5.32 Å². The van der Waals surface area contributed by atoms with Gasteiger partial charge in [0.05, 0.1) is 13.2 Å². The van der Waals surface area contributed by atoms with Crippen LogP contribution in [0.5, 0.6) is 5.75 Å². The molecule has 1 saturated heterocycles. The number of β-amino-alcohol motifs (C(OH)–C–C–N with tert-alkyl or cyclic N) is 1. The zero-order chi connectivity index (χ0) is 13.8. The van der Waals surface area contributed by atoms with Crippen molar-refractivity contribution >= 4 is 5.97 Å². The lowest BCUT2D eigenvalue weighted by molar-refractivity contribution is -0.151. The van der Waals surface area contributed by atoms with Gasteiger partial charge in [0.25, 0.3) is 0 Å². The quantitative estimate of drug-likeness (QED) is 0.602. The molecule has 1 aliphatic rings. The molecule has 2 rings (SSSR count). The Morgan fingerprint density at radius 2 is 2.05 bits per heavy atom. The maximum atomic E-state index is 11.0. The molecule has 0 unspecified atom stereocenters. The Hall–Kier alpha value is -1.30. The summed E-state index contributed by atoms with van der Waals surface area (Å²) >= 11 is 0. The lowest BCUT2D eigenvalue weighted by atomic mass is 10.0. The van der Waals surface area contributed by atoms with Crippen LogP contribution >= 0.6 is 0 Å². The number of methoxy groups -OCH3 is 1. The van der Waals surface area contributed by atoms with Gasteiger partial charge >= 0.3 is 5.97 Å². The number of halogens is 1. The van der Waals surface area contributed by atoms with Crippen LogP contribution in [0, 0.1) is 0 Å². The number of hydrogen-bond acceptors (Lipinski definition) is 5. The van der Waals surface area contributed by atoms with Gasteiger partial charge in [-0.3, -0.25) is 4.79 Å². The number of aliphatic hydroxyl groups is 1. The van der Waals surface area contributed by atoms with Crippen LogP contribution < -0.4 is 22.5 Å². The van der Waals surface area contributed by atoms with Crippen molar-refractivity contribution in [1.29, 1.82) is 0 Å². The second-order valence-electron chi connectivity index (χ2n) is 4.71. The van der Waals surface area contributed by atoms with Crippen molar-refractivity contribution in [3.8, 4) is 5.75 Å². The molecular formula is C14H19ClNO4-. The fourth-order valence-corrected chi connectivity index (χ4v) is 2.33. The number of esters is 1. The third-order valence-corrected chi connectivity index (χ3v) is 3.28. The number of rotatable bonds is 4. The summed E-state index contributed by atoms with van der Waals surface area (Å²) in [7, 11) is 1.63. The number of aliphatic hydroxyl groups excluding tert-OH is 1. The Morgan fingerprint density at radius 1 is 1.40 bits per heavy atom. The maximum Gasteiger partial charge on any atom is 0.303 e. The molecule has 0 aromatic heterocycles. The number of benzene rings is 1. The van der Waals surface area contributed by atoms with Crippen molar-refractivity contribution < 1.29 is 31.8 Å². The van der Waals surface area contributed by atoms with Crippen molar-refractivity contribution in [1.82, 2.24) is 5.32 Å². The molecule has 1 fully saturated rings. The summed E-state index contributed by atoms with van der Waals surface area (Å²) in [6, 6.07) is 7.65. The first kappa shape index (κ1) is 16.8. The normalized spacial score (nSPS) is 24.9. The molecule has 0 bridgehead atoms. The molecule has 0 aliphatic carbocycles. The highest BCUT2D eigenvalue weighted by Crippen LogP contribution is 2.19. The minimum Gasteiger partial charge on any atom is -1.00 e. The van der Waals surface area contributed by atoms with E-state index in [1.54, 1.807) is 7.11 Å². The number of ether oxygens (including phenoxy) is 2. The van der Waals surface area contributed by atoms with E-state index in [-0.39, 0.29) is 24.4 Å². The average Bonchev–Trinajstić information content (AvgIpc) is 2.72. The first-order valence-electron chi connectivity index (χ1n) is 6.31. The van der Waals surface area contributed by atoms with Gasteiger partial charge in [0.2, 0.25) is 0 Å². The Kier molecular flexibility index (Phi) is 6.26. The lowest BCUT2D eigenvalue weighted by Gasteiger charge is -2.21. The summed E-state index contributed by atoms with van der Waals surface area (Å²) in [6.07, 6.45) is -0.439. The summed E-state index contributed by atoms with van der Waals surface area (Å²) in [4.78, 5) is 11.0. The predicted molar refractivity (Wildman–Crippen MR) is 70.0 cm³/mol. The van der Waals surface area contributed by atoms with Gasteiger partial charge < -0.3 is 32.3 Å². The van der Waals surface area contributed by atoms with E-state index in [9.17, 15) is 9.90 Å². The molecule has 1 aliphatic heterocycles. The van der Waals surface area contributed by atoms with Gasteiger partial charge in [0, 0.05) is 13.5 Å². The van der Waals surface area contributed by atoms with Crippen molar-refractivity contribution in [2.24, 2.45) is 0 Å². The molecule has 5 nitrogen and oxygen atoms in total. The second-order valence-corrected chi connectivity index (χ2v) is 4.71. The molecule has 0 spiro atoms. The number of carbonyl (C=O) groups excluding carboxylic acids is 1. The summed E-state index contributed by atoms with van der Waals surface area (Å²) in [5, 5.41) is 13.0. The second kappa shape index (κ2) is 7.47. The van der Waals surface area contributed by atoms with Crippen LogP contribution in [0.15, 0.2) is 24.3 Å². The molecule has 6 heteroatoms. The summed E-state index contributed by atoms with van der Waals surface area (Å²) in [5.74, 6) is 0.437. The van der Waals surface area contributed by atoms with Crippen LogP contribution in [0.1, 0.15) is 12.5 Å². The molecule has 3 atom stereocenters. The van der Waals surface area contributed by atoms with Crippen molar-refractivity contribution in [3.05, 3.63) is 29.8 Å². The van der Waals surface area contributed by atoms with Gasteiger partial charge in [-0.25, -0.2) is 0 Å². The van der Waals surface area contributed by atoms with Crippen LogP contribution in [0.2, 0.25) is 0 Å². The van der Waals surface area contributed by atoms with Crippen molar-refractivity contribution in [2.75, 3.05) is 13.7 Å². The lowest BCUT2D eigenvalue weighted by Crippen LogP contribution is -3.00. The number of nitrogens with one attached hydrogen (secondary N) is 1. The van der Waals surface area contributed by atoms with Gasteiger partial charge in [-0.1, -0.05) is 12.1 Å². The topological polar surface area (TPSA) is 67.8 Å². The molecule has 1 aromatic rings. The van der Waals surface area contributed by atoms with E-state index in [1.165, 1.54) is 6.92 Å². The van der Waals surface area contributed by atoms with E-state index in [0.717, 1.165) is 11.3 Å². The average molecular weight is 301 g/mol. The summed E-state index contributed by atoms with van der Waals surface area (Å²) < 4.78 is 10.3. The van der Waals surface area contributed by atoms with Crippen LogP contribution in [-0.2, 0) is 16.0 Å². The Labute approximate surface area is 124 Å². The van der Waals surface area contributed by atoms with E-state index in [0.29, 0.717) is 13.0 Å². The molecule has 1 heterocycles. The molecule has 20 heavy (non-hydrogen) atoms. The van der Waals surface area contributed by atoms with Gasteiger partial charge in [0.15, 0.2) is 0 Å².